The molecule has 0 saturated carbocycles. The van der Waals surface area contributed by atoms with Crippen molar-refractivity contribution in [2.24, 2.45) is 11.7 Å². The van der Waals surface area contributed by atoms with E-state index in [-0.39, 0.29) is 0 Å². The molecule has 0 aliphatic heterocycles. The van der Waals surface area contributed by atoms with Crippen LogP contribution in [0.2, 0.25) is 0 Å². The fourth-order valence-electron chi connectivity index (χ4n) is 4.70. The van der Waals surface area contributed by atoms with E-state index in [2.05, 4.69) is 20.8 Å². The monoisotopic (exact) mass is 468 g/mol. The lowest BCUT2D eigenvalue weighted by Gasteiger charge is -2.21. The van der Waals surface area contributed by atoms with Gasteiger partial charge in [0.1, 0.15) is 17.1 Å². The third-order valence-corrected chi connectivity index (χ3v) is 6.24. The van der Waals surface area contributed by atoms with E-state index in [1.807, 2.05) is 72.8 Å². The second-order valence-electron chi connectivity index (χ2n) is 8.07. The lowest BCUT2D eigenvalue weighted by Crippen LogP contribution is -2.32. The Morgan fingerprint density at radius 3 is 1.63 bits per heavy atom. The minimum atomic E-state index is -0.534. The molecular weight excluding hydrogens is 444 g/mol. The van der Waals surface area contributed by atoms with E-state index in [4.69, 9.17) is 16.4 Å². The third-order valence-electron chi connectivity index (χ3n) is 6.24. The molecule has 0 bridgehead atoms. The van der Waals surface area contributed by atoms with Crippen molar-refractivity contribution in [3.05, 3.63) is 101 Å². The average molecular weight is 469 g/mol. The number of carbonyl (C=O) groups excluding carboxylic acids is 2. The number of nitrogen functional groups attached to an aromatic ring is 2. The smallest absolute Gasteiger partial charge is 0.281 e. The maximum atomic E-state index is 13.0. The zero-order valence-corrected chi connectivity index (χ0v) is 18.9. The molecule has 0 fully saturated rings. The average Bonchev–Trinajstić information content (AvgIpc) is 3.48. The van der Waals surface area contributed by atoms with Crippen LogP contribution in [0.5, 0.6) is 5.75 Å². The molecule has 3 aromatic carbocycles. The van der Waals surface area contributed by atoms with Crippen LogP contribution in [0.3, 0.4) is 0 Å². The summed E-state index contributed by atoms with van der Waals surface area (Å²) in [6, 6.07) is 22.7. The molecule has 35 heavy (non-hydrogen) atoms. The van der Waals surface area contributed by atoms with Crippen molar-refractivity contribution in [2.45, 2.75) is 5.92 Å². The highest BCUT2D eigenvalue weighted by Crippen LogP contribution is 2.43. The molecule has 2 heterocycles. The number of methoxy groups -OCH3 is 1. The minimum absolute atomic E-state index is 0.305. The van der Waals surface area contributed by atoms with Crippen molar-refractivity contribution >= 4 is 33.6 Å². The van der Waals surface area contributed by atoms with Gasteiger partial charge in [0.2, 0.25) is 0 Å². The van der Waals surface area contributed by atoms with Crippen LogP contribution in [-0.2, 0) is 0 Å². The van der Waals surface area contributed by atoms with Crippen LogP contribution in [0.15, 0.2) is 72.8 Å². The number of hydrogen-bond acceptors (Lipinski definition) is 5. The number of hydrazine groups is 2. The molecule has 0 aliphatic rings. The Morgan fingerprint density at radius 2 is 1.20 bits per heavy atom. The fraction of sp³-hybridized carbons (Fsp3) is 0.0769. The van der Waals surface area contributed by atoms with Gasteiger partial charge < -0.3 is 14.7 Å². The van der Waals surface area contributed by atoms with Crippen molar-refractivity contribution in [1.82, 2.24) is 20.8 Å². The number of nitrogens with one attached hydrogen (secondary N) is 4. The molecule has 2 aromatic heterocycles. The molecule has 176 valence electrons. The van der Waals surface area contributed by atoms with Crippen LogP contribution < -0.4 is 27.3 Å². The first kappa shape index (κ1) is 22.2. The zero-order valence-electron chi connectivity index (χ0n) is 18.9. The SMILES string of the molecule is COc1ccc(C(c2c(C(=O)NN)[nH]c3ccccc23)c2c(C(=O)NN)[nH]c3ccccc23)cc1. The summed E-state index contributed by atoms with van der Waals surface area (Å²) in [6.07, 6.45) is 0. The van der Waals surface area contributed by atoms with Gasteiger partial charge in [0.25, 0.3) is 11.8 Å². The Kier molecular flexibility index (Phi) is 5.69. The highest BCUT2D eigenvalue weighted by molar-refractivity contribution is 6.05. The number of nitrogens with two attached hydrogens (primary N) is 2. The number of ether oxygens (including phenoxy) is 1. The number of hydrogen-bond donors (Lipinski definition) is 6. The minimum Gasteiger partial charge on any atom is -0.497 e. The van der Waals surface area contributed by atoms with Gasteiger partial charge in [-0.3, -0.25) is 20.4 Å². The van der Waals surface area contributed by atoms with Crippen molar-refractivity contribution in [2.75, 3.05) is 7.11 Å². The molecule has 8 N–H and O–H groups in total. The standard InChI is InChI=1S/C26H24N6O3/c1-35-15-12-10-14(11-13-15)20(21-16-6-2-4-8-18(16)29-23(21)25(33)31-27)22-17-7-3-5-9-19(17)30-24(22)26(34)32-28/h2-13,20,29-30H,27-28H2,1H3,(H,31,33)(H,32,34). The molecule has 0 unspecified atom stereocenters. The zero-order chi connectivity index (χ0) is 24.5. The van der Waals surface area contributed by atoms with Crippen molar-refractivity contribution in [3.8, 4) is 5.75 Å². The first-order valence-electron chi connectivity index (χ1n) is 10.9. The summed E-state index contributed by atoms with van der Waals surface area (Å²) in [5.41, 5.74) is 8.84. The lowest BCUT2D eigenvalue weighted by atomic mass is 9.81. The Bertz CT molecular complexity index is 1460. The molecule has 0 atom stereocenters. The second-order valence-corrected chi connectivity index (χ2v) is 8.07. The Hall–Kier alpha value is -4.60. The Morgan fingerprint density at radius 1 is 0.743 bits per heavy atom. The molecule has 9 nitrogen and oxygen atoms in total. The van der Waals surface area contributed by atoms with Crippen LogP contribution in [0.1, 0.15) is 43.6 Å². The molecule has 9 heteroatoms. The molecule has 5 aromatic rings. The Labute approximate surface area is 200 Å². The predicted octanol–water partition coefficient (Wildman–Crippen LogP) is 3.05. The number of H-pyrrole nitrogens is 2. The summed E-state index contributed by atoms with van der Waals surface area (Å²) in [5.74, 6) is 10.3. The van der Waals surface area contributed by atoms with Gasteiger partial charge in [-0.2, -0.15) is 0 Å². The van der Waals surface area contributed by atoms with Crippen molar-refractivity contribution in [1.29, 1.82) is 0 Å². The predicted molar refractivity (Wildman–Crippen MR) is 134 cm³/mol. The van der Waals surface area contributed by atoms with Crippen LogP contribution in [0, 0.1) is 0 Å². The molecule has 2 amide bonds. The number of aromatic nitrogens is 2. The van der Waals surface area contributed by atoms with Crippen LogP contribution in [-0.4, -0.2) is 28.9 Å². The molecular formula is C26H24N6O3. The molecule has 0 aliphatic carbocycles. The van der Waals surface area contributed by atoms with Crippen LogP contribution >= 0.6 is 0 Å². The number of amides is 2. The summed E-state index contributed by atoms with van der Waals surface area (Å²) in [4.78, 5) is 32.3. The number of carbonyl (C=O) groups is 2. The van der Waals surface area contributed by atoms with E-state index >= 15 is 0 Å². The van der Waals surface area contributed by atoms with Gasteiger partial charge in [0, 0.05) is 38.9 Å². The van der Waals surface area contributed by atoms with Crippen LogP contribution in [0.25, 0.3) is 21.8 Å². The largest absolute Gasteiger partial charge is 0.497 e. The summed E-state index contributed by atoms with van der Waals surface area (Å²) >= 11 is 0. The normalized spacial score (nSPS) is 11.2. The fourth-order valence-corrected chi connectivity index (χ4v) is 4.70. The van der Waals surface area contributed by atoms with E-state index in [0.29, 0.717) is 28.3 Å². The van der Waals surface area contributed by atoms with Crippen molar-refractivity contribution < 1.29 is 14.3 Å². The summed E-state index contributed by atoms with van der Waals surface area (Å²) < 4.78 is 5.36. The number of benzene rings is 3. The molecule has 5 rings (SSSR count). The third kappa shape index (κ3) is 3.68. The quantitative estimate of drug-likeness (QED) is 0.129. The van der Waals surface area contributed by atoms with Crippen LogP contribution in [0.4, 0.5) is 0 Å². The topological polar surface area (TPSA) is 151 Å². The van der Waals surface area contributed by atoms with Gasteiger partial charge in [-0.15, -0.1) is 0 Å². The highest BCUT2D eigenvalue weighted by Gasteiger charge is 2.32. The maximum Gasteiger partial charge on any atom is 0.281 e. The first-order chi connectivity index (χ1) is 17.1. The van der Waals surface area contributed by atoms with E-state index in [1.165, 1.54) is 0 Å². The van der Waals surface area contributed by atoms with E-state index in [9.17, 15) is 9.59 Å². The van der Waals surface area contributed by atoms with Gasteiger partial charge in [-0.1, -0.05) is 48.5 Å². The number of aromatic amines is 2. The number of para-hydroxylation sites is 2. The van der Waals surface area contributed by atoms with Gasteiger partial charge in [-0.05, 0) is 29.8 Å². The molecule has 0 radical (unpaired) electrons. The summed E-state index contributed by atoms with van der Waals surface area (Å²) in [5, 5.41) is 1.66. The van der Waals surface area contributed by atoms with Gasteiger partial charge >= 0.3 is 0 Å². The van der Waals surface area contributed by atoms with Gasteiger partial charge in [0.05, 0.1) is 7.11 Å². The lowest BCUT2D eigenvalue weighted by molar-refractivity contribution is 0.0942. The van der Waals surface area contributed by atoms with Crippen molar-refractivity contribution in [3.63, 3.8) is 0 Å². The van der Waals surface area contributed by atoms with E-state index in [0.717, 1.165) is 27.4 Å². The first-order valence-corrected chi connectivity index (χ1v) is 10.9. The van der Waals surface area contributed by atoms with Gasteiger partial charge in [0.15, 0.2) is 0 Å². The summed E-state index contributed by atoms with van der Waals surface area (Å²) in [7, 11) is 1.60. The van der Waals surface area contributed by atoms with E-state index in [1.54, 1.807) is 7.11 Å². The molecule has 0 spiro atoms. The molecule has 0 saturated heterocycles. The number of rotatable bonds is 6. The number of fused-ring (bicyclic) bond motifs is 2. The maximum absolute atomic E-state index is 13.0. The second kappa shape index (κ2) is 8.98. The summed E-state index contributed by atoms with van der Waals surface area (Å²) in [6.45, 7) is 0. The van der Waals surface area contributed by atoms with Gasteiger partial charge in [-0.25, -0.2) is 11.7 Å². The van der Waals surface area contributed by atoms with E-state index < -0.39 is 17.7 Å². The highest BCUT2D eigenvalue weighted by atomic mass is 16.5. The Balaban J connectivity index is 1.91.